The van der Waals surface area contributed by atoms with Crippen molar-refractivity contribution < 1.29 is 13.9 Å². The van der Waals surface area contributed by atoms with Gasteiger partial charge in [0.15, 0.2) is 11.6 Å². The fourth-order valence-electron chi connectivity index (χ4n) is 4.74. The lowest BCUT2D eigenvalue weighted by molar-refractivity contribution is -0.00648. The molecule has 174 valence electrons. The van der Waals surface area contributed by atoms with Crippen molar-refractivity contribution in [2.45, 2.75) is 38.1 Å². The van der Waals surface area contributed by atoms with Crippen LogP contribution in [-0.2, 0) is 4.74 Å². The van der Waals surface area contributed by atoms with Crippen molar-refractivity contribution in [2.75, 3.05) is 63.3 Å². The molecule has 0 bridgehead atoms. The third kappa shape index (κ3) is 5.30. The number of aromatic nitrogens is 2. The summed E-state index contributed by atoms with van der Waals surface area (Å²) in [7, 11) is 1.51. The summed E-state index contributed by atoms with van der Waals surface area (Å²) in [4.78, 5) is 13.6. The number of hydrogen-bond donors (Lipinski definition) is 1. The Morgan fingerprint density at radius 1 is 1.28 bits per heavy atom. The van der Waals surface area contributed by atoms with Crippen molar-refractivity contribution in [1.82, 2.24) is 14.9 Å². The van der Waals surface area contributed by atoms with E-state index >= 15 is 0 Å². The normalized spacial score (nSPS) is 22.0. The molecule has 0 amide bonds. The molecule has 32 heavy (non-hydrogen) atoms. The number of ether oxygens (including phenoxy) is 2. The predicted octanol–water partition coefficient (Wildman–Crippen LogP) is 3.53. The third-order valence-electron chi connectivity index (χ3n) is 6.58. The average molecular weight is 444 g/mol. The van der Waals surface area contributed by atoms with E-state index in [1.54, 1.807) is 12.4 Å². The smallest absolute Gasteiger partial charge is 0.168 e. The van der Waals surface area contributed by atoms with Gasteiger partial charge in [-0.15, -0.1) is 0 Å². The second-order valence-corrected chi connectivity index (χ2v) is 8.51. The second kappa shape index (κ2) is 10.9. The molecule has 0 aliphatic carbocycles. The van der Waals surface area contributed by atoms with Gasteiger partial charge >= 0.3 is 0 Å². The summed E-state index contributed by atoms with van der Waals surface area (Å²) < 4.78 is 25.6. The summed E-state index contributed by atoms with van der Waals surface area (Å²) in [6.45, 7) is 8.23. The van der Waals surface area contributed by atoms with Crippen LogP contribution in [0.5, 0.6) is 5.75 Å². The molecule has 1 aromatic carbocycles. The quantitative estimate of drug-likeness (QED) is 0.670. The summed E-state index contributed by atoms with van der Waals surface area (Å²) in [5.74, 6) is 1.87. The zero-order valence-electron chi connectivity index (χ0n) is 19.1. The molecule has 2 aromatic rings. The largest absolute Gasteiger partial charge is 0.494 e. The van der Waals surface area contributed by atoms with Gasteiger partial charge in [-0.25, -0.2) is 14.4 Å². The molecule has 0 spiro atoms. The highest BCUT2D eigenvalue weighted by atomic mass is 19.1. The minimum absolute atomic E-state index is 0.109. The summed E-state index contributed by atoms with van der Waals surface area (Å²) in [6.07, 6.45) is 4.65. The van der Waals surface area contributed by atoms with Gasteiger partial charge in [0.1, 0.15) is 18.0 Å². The Morgan fingerprint density at radius 3 is 3.03 bits per heavy atom. The first-order valence-electron chi connectivity index (χ1n) is 11.6. The molecule has 4 rings (SSSR count). The molecule has 7 nitrogen and oxygen atoms in total. The minimum Gasteiger partial charge on any atom is -0.494 e. The van der Waals surface area contributed by atoms with Crippen LogP contribution >= 0.6 is 0 Å². The van der Waals surface area contributed by atoms with Gasteiger partial charge in [0.05, 0.1) is 20.3 Å². The molecule has 3 heterocycles. The number of halogens is 1. The SMILES string of the molecule is CCC1COCCN1CCNc1cc(N2CCCC(c3cccc(OC)c3F)C2)ncn1. The number of morpholine rings is 1. The lowest BCUT2D eigenvalue weighted by atomic mass is 9.90. The second-order valence-electron chi connectivity index (χ2n) is 8.51. The lowest BCUT2D eigenvalue weighted by Gasteiger charge is -2.35. The zero-order chi connectivity index (χ0) is 22.3. The maximum Gasteiger partial charge on any atom is 0.168 e. The van der Waals surface area contributed by atoms with Crippen molar-refractivity contribution in [1.29, 1.82) is 0 Å². The van der Waals surface area contributed by atoms with E-state index in [4.69, 9.17) is 9.47 Å². The maximum atomic E-state index is 14.8. The molecular formula is C24H34FN5O2. The van der Waals surface area contributed by atoms with Gasteiger partial charge in [-0.2, -0.15) is 0 Å². The Kier molecular flexibility index (Phi) is 7.76. The standard InChI is InChI=1S/C24H34FN5O2/c1-3-19-16-32-13-12-29(19)11-9-26-22-14-23(28-17-27-22)30-10-5-6-18(15-30)20-7-4-8-21(31-2)24(20)25/h4,7-8,14,17-19H,3,5-6,9-13,15-16H2,1-2H3,(H,26,27,28). The highest BCUT2D eigenvalue weighted by Crippen LogP contribution is 2.33. The van der Waals surface area contributed by atoms with Crippen LogP contribution in [-0.4, -0.2) is 74.0 Å². The number of nitrogens with one attached hydrogen (secondary N) is 1. The Labute approximate surface area is 189 Å². The maximum absolute atomic E-state index is 14.8. The van der Waals surface area contributed by atoms with Gasteiger partial charge in [-0.1, -0.05) is 19.1 Å². The first kappa shape index (κ1) is 22.7. The summed E-state index contributed by atoms with van der Waals surface area (Å²) in [5.41, 5.74) is 0.720. The van der Waals surface area contributed by atoms with Gasteiger partial charge in [0.25, 0.3) is 0 Å². The molecule has 2 aliphatic rings. The minimum atomic E-state index is -0.250. The number of rotatable bonds is 8. The number of methoxy groups -OCH3 is 1. The van der Waals surface area contributed by atoms with Gasteiger partial charge in [-0.05, 0) is 30.9 Å². The summed E-state index contributed by atoms with van der Waals surface area (Å²) >= 11 is 0. The van der Waals surface area contributed by atoms with E-state index in [2.05, 4.69) is 32.0 Å². The van der Waals surface area contributed by atoms with Crippen molar-refractivity contribution in [3.63, 3.8) is 0 Å². The van der Waals surface area contributed by atoms with Gasteiger partial charge in [0.2, 0.25) is 0 Å². The van der Waals surface area contributed by atoms with Crippen LogP contribution in [0.4, 0.5) is 16.0 Å². The van der Waals surface area contributed by atoms with Crippen LogP contribution in [0.2, 0.25) is 0 Å². The average Bonchev–Trinajstić information content (AvgIpc) is 2.85. The monoisotopic (exact) mass is 443 g/mol. The van der Waals surface area contributed by atoms with Crippen LogP contribution in [0.3, 0.4) is 0 Å². The molecule has 2 fully saturated rings. The number of anilines is 2. The number of nitrogens with zero attached hydrogens (tertiary/aromatic N) is 4. The van der Waals surface area contributed by atoms with Gasteiger partial charge in [0, 0.05) is 50.7 Å². The van der Waals surface area contributed by atoms with Crippen LogP contribution in [0, 0.1) is 5.82 Å². The number of piperidine rings is 1. The van der Waals surface area contributed by atoms with E-state index in [1.807, 2.05) is 18.2 Å². The molecule has 2 aliphatic heterocycles. The highest BCUT2D eigenvalue weighted by molar-refractivity contribution is 5.49. The number of benzene rings is 1. The van der Waals surface area contributed by atoms with E-state index in [9.17, 15) is 4.39 Å². The van der Waals surface area contributed by atoms with E-state index in [0.717, 1.165) is 82.4 Å². The molecule has 8 heteroatoms. The van der Waals surface area contributed by atoms with E-state index in [0.29, 0.717) is 11.8 Å². The van der Waals surface area contributed by atoms with Crippen LogP contribution in [0.1, 0.15) is 37.7 Å². The van der Waals surface area contributed by atoms with Crippen LogP contribution in [0.25, 0.3) is 0 Å². The highest BCUT2D eigenvalue weighted by Gasteiger charge is 2.26. The molecule has 2 unspecified atom stereocenters. The molecule has 1 aromatic heterocycles. The van der Waals surface area contributed by atoms with Crippen LogP contribution in [0.15, 0.2) is 30.6 Å². The molecule has 0 radical (unpaired) electrons. The third-order valence-corrected chi connectivity index (χ3v) is 6.58. The fraction of sp³-hybridized carbons (Fsp3) is 0.583. The van der Waals surface area contributed by atoms with Crippen LogP contribution < -0.4 is 15.0 Å². The first-order valence-corrected chi connectivity index (χ1v) is 11.6. The van der Waals surface area contributed by atoms with E-state index in [-0.39, 0.29) is 11.7 Å². The van der Waals surface area contributed by atoms with Crippen molar-refractivity contribution in [2.24, 2.45) is 0 Å². The Hall–Kier alpha value is -2.45. The molecule has 2 atom stereocenters. The Balaban J connectivity index is 1.37. The molecule has 1 N–H and O–H groups in total. The Morgan fingerprint density at radius 2 is 2.19 bits per heavy atom. The van der Waals surface area contributed by atoms with E-state index in [1.165, 1.54) is 7.11 Å². The predicted molar refractivity (Wildman–Crippen MR) is 124 cm³/mol. The van der Waals surface area contributed by atoms with E-state index < -0.39 is 0 Å². The molecule has 2 saturated heterocycles. The first-order chi connectivity index (χ1) is 15.7. The molecular weight excluding hydrogens is 409 g/mol. The van der Waals surface area contributed by atoms with Gasteiger partial charge < -0.3 is 19.7 Å². The summed E-state index contributed by atoms with van der Waals surface area (Å²) in [6, 6.07) is 7.89. The lowest BCUT2D eigenvalue weighted by Crippen LogP contribution is -2.46. The molecule has 0 saturated carbocycles. The summed E-state index contributed by atoms with van der Waals surface area (Å²) in [5, 5.41) is 3.45. The van der Waals surface area contributed by atoms with Crippen molar-refractivity contribution in [3.05, 3.63) is 42.0 Å². The fourth-order valence-corrected chi connectivity index (χ4v) is 4.74. The zero-order valence-corrected chi connectivity index (χ0v) is 19.1. The number of hydrogen-bond acceptors (Lipinski definition) is 7. The van der Waals surface area contributed by atoms with Gasteiger partial charge in [-0.3, -0.25) is 4.90 Å². The van der Waals surface area contributed by atoms with Crippen molar-refractivity contribution >= 4 is 11.6 Å². The van der Waals surface area contributed by atoms with Crippen molar-refractivity contribution in [3.8, 4) is 5.75 Å². The Bertz CT molecular complexity index is 883. The topological polar surface area (TPSA) is 62.8 Å².